The highest BCUT2D eigenvalue weighted by Gasteiger charge is 2.39. The van der Waals surface area contributed by atoms with E-state index in [0.717, 1.165) is 11.8 Å². The molecule has 0 aliphatic heterocycles. The maximum Gasteiger partial charge on any atom is 0.0377 e. The third-order valence-corrected chi connectivity index (χ3v) is 6.03. The number of nitrogens with one attached hydrogen (secondary N) is 1. The van der Waals surface area contributed by atoms with Gasteiger partial charge < -0.3 is 5.32 Å². The Hall–Kier alpha value is -0.820. The van der Waals surface area contributed by atoms with E-state index in [2.05, 4.69) is 57.3 Å². The lowest BCUT2D eigenvalue weighted by Crippen LogP contribution is -2.44. The van der Waals surface area contributed by atoms with Gasteiger partial charge in [0.25, 0.3) is 0 Å². The average molecular weight is 271 g/mol. The van der Waals surface area contributed by atoms with Crippen LogP contribution in [0.4, 0.5) is 0 Å². The minimum Gasteiger partial charge on any atom is -0.306 e. The zero-order valence-electron chi connectivity index (χ0n) is 13.4. The van der Waals surface area contributed by atoms with Crippen molar-refractivity contribution in [2.45, 2.75) is 65.5 Å². The average Bonchev–Trinajstić information content (AvgIpc) is 2.74. The molecule has 1 heteroatoms. The molecule has 3 rings (SSSR count). The van der Waals surface area contributed by atoms with Gasteiger partial charge in [0.1, 0.15) is 0 Å². The van der Waals surface area contributed by atoms with Crippen LogP contribution < -0.4 is 5.32 Å². The van der Waals surface area contributed by atoms with Crippen LogP contribution in [-0.4, -0.2) is 6.04 Å². The molecule has 1 aromatic carbocycles. The molecular formula is C19H29N. The van der Waals surface area contributed by atoms with Crippen LogP contribution >= 0.6 is 0 Å². The number of hydrogen-bond acceptors (Lipinski definition) is 1. The highest BCUT2D eigenvalue weighted by molar-refractivity contribution is 5.34. The van der Waals surface area contributed by atoms with Crippen molar-refractivity contribution in [2.24, 2.45) is 17.3 Å². The first-order chi connectivity index (χ1) is 9.49. The predicted octanol–water partition coefficient (Wildman–Crippen LogP) is 4.72. The summed E-state index contributed by atoms with van der Waals surface area (Å²) in [7, 11) is 0. The molecule has 0 spiro atoms. The van der Waals surface area contributed by atoms with Crippen molar-refractivity contribution in [1.29, 1.82) is 0 Å². The summed E-state index contributed by atoms with van der Waals surface area (Å²) in [5.41, 5.74) is 3.47. The molecule has 0 saturated heterocycles. The lowest BCUT2D eigenvalue weighted by molar-refractivity contribution is 0.180. The second-order valence-corrected chi connectivity index (χ2v) is 7.81. The Labute approximate surface area is 124 Å². The maximum absolute atomic E-state index is 4.04. The Morgan fingerprint density at radius 2 is 1.85 bits per heavy atom. The Kier molecular flexibility index (Phi) is 3.66. The molecule has 1 nitrogen and oxygen atoms in total. The van der Waals surface area contributed by atoms with Gasteiger partial charge in [0.05, 0.1) is 0 Å². The number of rotatable bonds is 2. The van der Waals surface area contributed by atoms with E-state index < -0.39 is 0 Å². The summed E-state index contributed by atoms with van der Waals surface area (Å²) in [4.78, 5) is 0. The zero-order valence-corrected chi connectivity index (χ0v) is 13.4. The largest absolute Gasteiger partial charge is 0.306 e. The fraction of sp³-hybridized carbons (Fsp3) is 0.684. The summed E-state index contributed by atoms with van der Waals surface area (Å²) in [6.45, 7) is 9.71. The van der Waals surface area contributed by atoms with Crippen molar-refractivity contribution >= 4 is 0 Å². The molecule has 110 valence electrons. The summed E-state index contributed by atoms with van der Waals surface area (Å²) < 4.78 is 0. The minimum atomic E-state index is 0.361. The standard InChI is InChI=1S/C19H29N/c1-13-9-10-17(14(13)2)20-18-16-8-6-5-7-15(16)11-12-19(18,3)4/h5-8,13-14,17-18,20H,9-12H2,1-4H3. The number of hydrogen-bond donors (Lipinski definition) is 1. The highest BCUT2D eigenvalue weighted by Crippen LogP contribution is 2.45. The fourth-order valence-corrected chi connectivity index (χ4v) is 4.19. The van der Waals surface area contributed by atoms with Gasteiger partial charge in [0.15, 0.2) is 0 Å². The lowest BCUT2D eigenvalue weighted by Gasteiger charge is -2.43. The minimum absolute atomic E-state index is 0.361. The maximum atomic E-state index is 4.04. The van der Waals surface area contributed by atoms with Gasteiger partial charge in [-0.1, -0.05) is 52.0 Å². The topological polar surface area (TPSA) is 12.0 Å². The highest BCUT2D eigenvalue weighted by atomic mass is 15.0. The van der Waals surface area contributed by atoms with Gasteiger partial charge in [-0.05, 0) is 54.1 Å². The number of fused-ring (bicyclic) bond motifs is 1. The third kappa shape index (κ3) is 2.41. The monoisotopic (exact) mass is 271 g/mol. The molecule has 1 fully saturated rings. The lowest BCUT2D eigenvalue weighted by atomic mass is 9.70. The van der Waals surface area contributed by atoms with Crippen molar-refractivity contribution in [3.05, 3.63) is 35.4 Å². The van der Waals surface area contributed by atoms with E-state index in [4.69, 9.17) is 0 Å². The SMILES string of the molecule is CC1CCC(NC2c3ccccc3CCC2(C)C)C1C. The Morgan fingerprint density at radius 1 is 1.10 bits per heavy atom. The van der Waals surface area contributed by atoms with Crippen LogP contribution in [-0.2, 0) is 6.42 Å². The molecule has 2 aliphatic carbocycles. The van der Waals surface area contributed by atoms with Crippen LogP contribution in [0.25, 0.3) is 0 Å². The summed E-state index contributed by atoms with van der Waals surface area (Å²) in [6, 6.07) is 10.3. The molecule has 0 bridgehead atoms. The quantitative estimate of drug-likeness (QED) is 0.820. The van der Waals surface area contributed by atoms with Crippen LogP contribution in [0.2, 0.25) is 0 Å². The molecule has 1 N–H and O–H groups in total. The molecule has 4 atom stereocenters. The smallest absolute Gasteiger partial charge is 0.0377 e. The van der Waals surface area contributed by atoms with Crippen molar-refractivity contribution < 1.29 is 0 Å². The first-order valence-corrected chi connectivity index (χ1v) is 8.33. The van der Waals surface area contributed by atoms with Gasteiger partial charge in [-0.25, -0.2) is 0 Å². The van der Waals surface area contributed by atoms with Gasteiger partial charge in [-0.3, -0.25) is 0 Å². The molecule has 20 heavy (non-hydrogen) atoms. The van der Waals surface area contributed by atoms with E-state index in [1.807, 2.05) is 0 Å². The second-order valence-electron chi connectivity index (χ2n) is 7.81. The molecule has 1 aromatic rings. The Balaban J connectivity index is 1.87. The first kappa shape index (κ1) is 14.1. The van der Waals surface area contributed by atoms with Crippen LogP contribution in [0.5, 0.6) is 0 Å². The van der Waals surface area contributed by atoms with Gasteiger partial charge in [0, 0.05) is 12.1 Å². The number of benzene rings is 1. The van der Waals surface area contributed by atoms with Crippen LogP contribution in [0.1, 0.15) is 64.1 Å². The van der Waals surface area contributed by atoms with Crippen LogP contribution in [0, 0.1) is 17.3 Å². The van der Waals surface area contributed by atoms with Gasteiger partial charge in [0.2, 0.25) is 0 Å². The van der Waals surface area contributed by atoms with E-state index >= 15 is 0 Å². The molecule has 0 radical (unpaired) electrons. The van der Waals surface area contributed by atoms with Gasteiger partial charge in [-0.2, -0.15) is 0 Å². The summed E-state index contributed by atoms with van der Waals surface area (Å²) in [5, 5.41) is 4.04. The van der Waals surface area contributed by atoms with E-state index in [9.17, 15) is 0 Å². The zero-order chi connectivity index (χ0) is 14.3. The predicted molar refractivity (Wildman–Crippen MR) is 85.8 cm³/mol. The molecular weight excluding hydrogens is 242 g/mol. The van der Waals surface area contributed by atoms with Crippen molar-refractivity contribution in [1.82, 2.24) is 5.32 Å². The van der Waals surface area contributed by atoms with E-state index in [1.165, 1.54) is 25.7 Å². The van der Waals surface area contributed by atoms with Crippen LogP contribution in [0.15, 0.2) is 24.3 Å². The molecule has 0 amide bonds. The fourth-order valence-electron chi connectivity index (χ4n) is 4.19. The van der Waals surface area contributed by atoms with Crippen molar-refractivity contribution in [3.63, 3.8) is 0 Å². The van der Waals surface area contributed by atoms with Gasteiger partial charge in [-0.15, -0.1) is 0 Å². The van der Waals surface area contributed by atoms with Gasteiger partial charge >= 0.3 is 0 Å². The van der Waals surface area contributed by atoms with Crippen molar-refractivity contribution in [3.8, 4) is 0 Å². The molecule has 1 saturated carbocycles. The summed E-state index contributed by atoms with van der Waals surface area (Å²) in [5.74, 6) is 1.68. The van der Waals surface area contributed by atoms with E-state index in [0.29, 0.717) is 17.5 Å². The third-order valence-electron chi connectivity index (χ3n) is 6.03. The van der Waals surface area contributed by atoms with E-state index in [1.54, 1.807) is 11.1 Å². The van der Waals surface area contributed by atoms with E-state index in [-0.39, 0.29) is 0 Å². The second kappa shape index (κ2) is 5.18. The summed E-state index contributed by atoms with van der Waals surface area (Å²) >= 11 is 0. The molecule has 2 aliphatic rings. The number of aryl methyl sites for hydroxylation is 1. The molecule has 0 aromatic heterocycles. The van der Waals surface area contributed by atoms with Crippen LogP contribution in [0.3, 0.4) is 0 Å². The van der Waals surface area contributed by atoms with Crippen molar-refractivity contribution in [2.75, 3.05) is 0 Å². The molecule has 0 heterocycles. The molecule has 4 unspecified atom stereocenters. The first-order valence-electron chi connectivity index (χ1n) is 8.33. The Bertz CT molecular complexity index is 476. The Morgan fingerprint density at radius 3 is 2.55 bits per heavy atom. The normalized spacial score (nSPS) is 35.8. The summed E-state index contributed by atoms with van der Waals surface area (Å²) in [6.07, 6.45) is 5.25.